The first-order valence-electron chi connectivity index (χ1n) is 27.5. The highest BCUT2D eigenvalue weighted by Crippen LogP contribution is 2.46. The predicted octanol–water partition coefficient (Wildman–Crippen LogP) is 3.83. The number of hydrogen-bond donors (Lipinski definition) is 7. The van der Waals surface area contributed by atoms with Crippen LogP contribution in [0.1, 0.15) is 58.9 Å². The fourth-order valence-electron chi connectivity index (χ4n) is 10.4. The number of hydrogen-bond acceptors (Lipinski definition) is 16. The first-order chi connectivity index (χ1) is 38.0. The van der Waals surface area contributed by atoms with Gasteiger partial charge in [-0.05, 0) is 86.9 Å². The summed E-state index contributed by atoms with van der Waals surface area (Å²) in [6.45, 7) is 14.9. The smallest absolute Gasteiger partial charge is 0.317 e. The molecule has 3 aliphatic heterocycles. The van der Waals surface area contributed by atoms with Crippen LogP contribution in [0.15, 0.2) is 42.6 Å². The number of carbonyl (C=O) groups is 5. The van der Waals surface area contributed by atoms with Gasteiger partial charge >= 0.3 is 17.9 Å². The summed E-state index contributed by atoms with van der Waals surface area (Å²) in [6.07, 6.45) is 4.29. The van der Waals surface area contributed by atoms with Gasteiger partial charge in [-0.1, -0.05) is 31.5 Å². The molecule has 0 bridgehead atoms. The number of aromatic amines is 1. The molecular weight excluding hydrogens is 1060 g/mol. The Kier molecular flexibility index (Phi) is 21.6. The number of nitrogens with one attached hydrogen (secondary N) is 3. The van der Waals surface area contributed by atoms with Crippen molar-refractivity contribution in [1.29, 1.82) is 0 Å². The lowest BCUT2D eigenvalue weighted by molar-refractivity contribution is -0.140. The lowest BCUT2D eigenvalue weighted by Crippen LogP contribution is -2.60. The SMILES string of the molecule is Cc1cc(F)cc(-c2cnc(N3CC(NC(=O)CC(C)(C)CCOC(C)(C)COCCNC(=O)CN4CCN(CC(=O)O)CCN(CC(=O)O)CCN(CC(=O)O)CC4)C3)c(-c3nc4ccc(Cl)cc4[nH]3)c2N2CCC(N)CC2)c1. The van der Waals surface area contributed by atoms with Gasteiger partial charge in [-0.2, -0.15) is 0 Å². The zero-order chi connectivity index (χ0) is 57.7. The summed E-state index contributed by atoms with van der Waals surface area (Å²) >= 11 is 6.42. The molecule has 438 valence electrons. The second-order valence-corrected chi connectivity index (χ2v) is 23.3. The summed E-state index contributed by atoms with van der Waals surface area (Å²) in [5, 5.41) is 35.2. The number of pyridine rings is 1. The largest absolute Gasteiger partial charge is 0.480 e. The molecule has 0 spiro atoms. The second kappa shape index (κ2) is 28.1. The maximum atomic E-state index is 15.0. The Balaban J connectivity index is 0.878. The standard InChI is InChI=1S/C56H80ClFN12O10/c1-37-24-38(26-40(58)25-37)43-29-61-54(51(52(43)69-12-8-41(59)9-13-69)53-63-44-7-6-39(57)27-45(44)64-53)70-30-42(31-70)62-46(71)28-55(2,3)10-22-80-56(4,5)36-79-23-11-60-47(72)32-65-14-16-66(33-48(73)74)18-20-68(35-50(77)78)21-19-67(17-15-65)34-49(75)76/h6-7,24-27,29,41-42H,8-23,28,30-36,59H2,1-5H3,(H,60,72)(H,62,71)(H,63,64)(H,73,74)(H,75,76)(H,77,78). The summed E-state index contributed by atoms with van der Waals surface area (Å²) in [7, 11) is 0. The third-order valence-electron chi connectivity index (χ3n) is 14.8. The zero-order valence-electron chi connectivity index (χ0n) is 46.8. The molecule has 3 saturated heterocycles. The van der Waals surface area contributed by atoms with Crippen LogP contribution in [0.4, 0.5) is 15.9 Å². The number of piperidine rings is 1. The van der Waals surface area contributed by atoms with E-state index in [0.717, 1.165) is 46.3 Å². The van der Waals surface area contributed by atoms with Crippen LogP contribution < -0.4 is 26.2 Å². The summed E-state index contributed by atoms with van der Waals surface area (Å²) in [4.78, 5) is 86.6. The van der Waals surface area contributed by atoms with Gasteiger partial charge in [-0.25, -0.2) is 14.4 Å². The second-order valence-electron chi connectivity index (χ2n) is 22.9. The van der Waals surface area contributed by atoms with Crippen molar-refractivity contribution in [3.63, 3.8) is 0 Å². The minimum Gasteiger partial charge on any atom is -0.480 e. The van der Waals surface area contributed by atoms with Crippen LogP contribution >= 0.6 is 11.6 Å². The molecule has 24 heteroatoms. The summed E-state index contributed by atoms with van der Waals surface area (Å²) < 4.78 is 27.2. The topological polar surface area (TPSA) is 276 Å². The molecule has 0 unspecified atom stereocenters. The number of aromatic nitrogens is 3. The van der Waals surface area contributed by atoms with Crippen LogP contribution in [0.2, 0.25) is 5.02 Å². The average molecular weight is 1140 g/mol. The minimum atomic E-state index is -1.03. The molecule has 0 aliphatic carbocycles. The van der Waals surface area contributed by atoms with Crippen LogP contribution in [0, 0.1) is 18.2 Å². The van der Waals surface area contributed by atoms with Gasteiger partial charge in [0.2, 0.25) is 11.8 Å². The number of carboxylic acid groups (broad SMARTS) is 3. The first kappa shape index (κ1) is 61.6. The van der Waals surface area contributed by atoms with Gasteiger partial charge in [0, 0.05) is 121 Å². The average Bonchev–Trinajstić information content (AvgIpc) is 3.77. The molecule has 8 N–H and O–H groups in total. The van der Waals surface area contributed by atoms with Gasteiger partial charge in [0.15, 0.2) is 0 Å². The number of fused-ring (bicyclic) bond motifs is 1. The van der Waals surface area contributed by atoms with Crippen molar-refractivity contribution in [1.82, 2.24) is 45.2 Å². The molecule has 0 atom stereocenters. The third-order valence-corrected chi connectivity index (χ3v) is 15.0. The summed E-state index contributed by atoms with van der Waals surface area (Å²) in [6, 6.07) is 10.5. The molecule has 3 aliphatic rings. The van der Waals surface area contributed by atoms with Crippen LogP contribution in [0.3, 0.4) is 0 Å². The Morgan fingerprint density at radius 3 is 1.95 bits per heavy atom. The number of amides is 2. The van der Waals surface area contributed by atoms with Crippen LogP contribution in [0.25, 0.3) is 33.5 Å². The Bertz CT molecular complexity index is 2740. The maximum absolute atomic E-state index is 15.0. The van der Waals surface area contributed by atoms with E-state index in [0.29, 0.717) is 87.6 Å². The lowest BCUT2D eigenvalue weighted by atomic mass is 9.85. The fourth-order valence-corrected chi connectivity index (χ4v) is 10.6. The van der Waals surface area contributed by atoms with Gasteiger partial charge in [0.05, 0.1) is 73.3 Å². The number of benzene rings is 2. The third kappa shape index (κ3) is 18.5. The number of anilines is 2. The van der Waals surface area contributed by atoms with E-state index in [2.05, 4.69) is 25.4 Å². The molecule has 2 amide bonds. The number of aryl methyl sites for hydroxylation is 1. The van der Waals surface area contributed by atoms with Crippen molar-refractivity contribution in [2.24, 2.45) is 11.1 Å². The number of rotatable bonds is 24. The Labute approximate surface area is 472 Å². The maximum Gasteiger partial charge on any atom is 0.317 e. The van der Waals surface area contributed by atoms with Crippen LogP contribution in [0.5, 0.6) is 0 Å². The van der Waals surface area contributed by atoms with E-state index in [1.54, 1.807) is 20.8 Å². The van der Waals surface area contributed by atoms with Crippen molar-refractivity contribution in [3.8, 4) is 22.5 Å². The van der Waals surface area contributed by atoms with Crippen molar-refractivity contribution >= 4 is 63.9 Å². The number of H-pyrrole nitrogens is 1. The van der Waals surface area contributed by atoms with E-state index in [1.165, 1.54) is 12.1 Å². The number of nitrogens with two attached hydrogens (primary N) is 1. The highest BCUT2D eigenvalue weighted by Gasteiger charge is 2.36. The molecule has 2 aromatic carbocycles. The van der Waals surface area contributed by atoms with E-state index >= 15 is 4.39 Å². The molecule has 2 aromatic heterocycles. The zero-order valence-corrected chi connectivity index (χ0v) is 47.5. The Hall–Kier alpha value is -6.05. The Morgan fingerprint density at radius 2 is 1.38 bits per heavy atom. The van der Waals surface area contributed by atoms with E-state index in [4.69, 9.17) is 36.8 Å². The summed E-state index contributed by atoms with van der Waals surface area (Å²) in [5.74, 6) is -2.44. The molecule has 5 heterocycles. The normalized spacial score (nSPS) is 17.4. The highest BCUT2D eigenvalue weighted by atomic mass is 35.5. The monoisotopic (exact) mass is 1130 g/mol. The number of ether oxygens (including phenoxy) is 2. The first-order valence-corrected chi connectivity index (χ1v) is 27.9. The van der Waals surface area contributed by atoms with E-state index in [1.807, 2.05) is 63.9 Å². The van der Waals surface area contributed by atoms with Gasteiger partial charge in [-0.15, -0.1) is 0 Å². The number of nitrogens with zero attached hydrogens (tertiary/aromatic N) is 8. The number of aliphatic carboxylic acids is 3. The van der Waals surface area contributed by atoms with Crippen molar-refractivity contribution < 1.29 is 53.2 Å². The van der Waals surface area contributed by atoms with Crippen molar-refractivity contribution in [3.05, 3.63) is 59.0 Å². The molecule has 7 rings (SSSR count). The minimum absolute atomic E-state index is 0.00128. The predicted molar refractivity (Wildman–Crippen MR) is 304 cm³/mol. The van der Waals surface area contributed by atoms with E-state index in [-0.39, 0.29) is 114 Å². The van der Waals surface area contributed by atoms with Crippen LogP contribution in [-0.2, 0) is 33.4 Å². The molecule has 0 radical (unpaired) electrons. The Morgan fingerprint density at radius 1 is 0.787 bits per heavy atom. The molecule has 0 saturated carbocycles. The molecular formula is C56H80ClFN12O10. The highest BCUT2D eigenvalue weighted by molar-refractivity contribution is 6.31. The van der Waals surface area contributed by atoms with Gasteiger partial charge < -0.3 is 55.9 Å². The van der Waals surface area contributed by atoms with Gasteiger partial charge in [-0.3, -0.25) is 43.6 Å². The van der Waals surface area contributed by atoms with Crippen molar-refractivity contribution in [2.75, 3.05) is 141 Å². The molecule has 22 nitrogen and oxygen atoms in total. The number of halogens is 2. The fraction of sp³-hybridized carbons (Fsp3) is 0.589. The number of carbonyl (C=O) groups excluding carboxylic acids is 2. The van der Waals surface area contributed by atoms with E-state index in [9.17, 15) is 39.3 Å². The van der Waals surface area contributed by atoms with Gasteiger partial charge in [0.25, 0.3) is 0 Å². The number of imidazole rings is 1. The molecule has 80 heavy (non-hydrogen) atoms. The molecule has 3 fully saturated rings. The van der Waals surface area contributed by atoms with Gasteiger partial charge in [0.1, 0.15) is 17.5 Å². The lowest BCUT2D eigenvalue weighted by Gasteiger charge is -2.43. The molecule has 4 aromatic rings. The van der Waals surface area contributed by atoms with Crippen LogP contribution in [-0.4, -0.2) is 228 Å². The summed E-state index contributed by atoms with van der Waals surface area (Å²) in [5.41, 5.74) is 10.8. The quantitative estimate of drug-likeness (QED) is 0.0491. The number of carboxylic acids is 3. The van der Waals surface area contributed by atoms with Crippen molar-refractivity contribution in [2.45, 2.75) is 78.0 Å². The van der Waals surface area contributed by atoms with E-state index < -0.39 is 23.5 Å².